The van der Waals surface area contributed by atoms with Crippen molar-refractivity contribution in [1.82, 2.24) is 25.1 Å². The van der Waals surface area contributed by atoms with Gasteiger partial charge in [-0.15, -0.1) is 0 Å². The van der Waals surface area contributed by atoms with Crippen molar-refractivity contribution in [2.24, 2.45) is 17.8 Å². The van der Waals surface area contributed by atoms with Crippen LogP contribution < -0.4 is 21.7 Å². The molecule has 0 unspecified atom stereocenters. The molecule has 6 atom stereocenters. The smallest absolute Gasteiger partial charge is 0.410 e. The van der Waals surface area contributed by atoms with Gasteiger partial charge >= 0.3 is 18.2 Å². The lowest BCUT2D eigenvalue weighted by Gasteiger charge is -2.24. The minimum absolute atomic E-state index is 0. The van der Waals surface area contributed by atoms with Crippen molar-refractivity contribution in [1.29, 1.82) is 0 Å². The zero-order valence-corrected chi connectivity index (χ0v) is 52.8. The molecule has 3 saturated heterocycles. The number of aliphatic carboxylic acids is 1. The average Bonchev–Trinajstić information content (AvgIpc) is 1.51. The molecule has 16 heteroatoms. The van der Waals surface area contributed by atoms with Crippen LogP contribution >= 0.6 is 0 Å². The minimum atomic E-state index is -0.880. The molecule has 0 spiro atoms. The number of ether oxygens (including phenoxy) is 2. The molecule has 0 radical (unpaired) electrons. The number of carbonyl (C=O) groups excluding carboxylic acids is 4. The van der Waals surface area contributed by atoms with Crippen molar-refractivity contribution in [3.63, 3.8) is 0 Å². The van der Waals surface area contributed by atoms with Crippen LogP contribution in [0.5, 0.6) is 0 Å². The van der Waals surface area contributed by atoms with E-state index in [1.54, 1.807) is 25.7 Å². The highest BCUT2D eigenvalue weighted by Gasteiger charge is 2.43. The Balaban J connectivity index is 0.000000181. The van der Waals surface area contributed by atoms with Gasteiger partial charge in [0.2, 0.25) is 11.8 Å². The quantitative estimate of drug-likeness (QED) is 0.0898. The summed E-state index contributed by atoms with van der Waals surface area (Å²) in [5, 5.41) is 25.4. The SMILES string of the molecule is C.C.CC(C)(C)OC(=O)N1C[C@@H](C(=O)O)[C@H](c2ccccc2)C1.Cc1cc2c(N)cccc2cn1.Cc1cc2c(NC(=O)[C@@H]3CN(C(=O)OC(C)(C)C)C[C@H]3c3ccccc3)cccc2cn1.Cc1ccc2cccc(NC(=O)[C@@H]3CNC[C@H]3c3ccccc3)c2c1. The number of hydrogen-bond acceptors (Lipinski definition) is 11. The molecule has 92 heavy (non-hydrogen) atoms. The van der Waals surface area contributed by atoms with E-state index in [1.165, 1.54) is 16.0 Å². The van der Waals surface area contributed by atoms with Crippen molar-refractivity contribution in [2.45, 2.75) is 106 Å². The Hall–Kier alpha value is -9.67. The Labute approximate surface area is 541 Å². The fraction of sp³-hybridized carbons (Fsp3) is 0.329. The number of carboxylic acid groups (broad SMARTS) is 1. The number of pyridine rings is 2. The molecule has 3 fully saturated rings. The first-order valence-electron chi connectivity index (χ1n) is 30.6. The molecular weight excluding hydrogens is 1150 g/mol. The molecule has 4 amide bonds. The van der Waals surface area contributed by atoms with E-state index in [1.807, 2.05) is 187 Å². The van der Waals surface area contributed by atoms with E-state index in [0.29, 0.717) is 19.6 Å². The summed E-state index contributed by atoms with van der Waals surface area (Å²) < 4.78 is 10.9. The van der Waals surface area contributed by atoms with Gasteiger partial charge in [-0.05, 0) is 121 Å². The molecule has 12 rings (SSSR count). The third kappa shape index (κ3) is 18.1. The second-order valence-corrected chi connectivity index (χ2v) is 25.4. The number of amides is 4. The van der Waals surface area contributed by atoms with Crippen molar-refractivity contribution in [2.75, 3.05) is 55.6 Å². The number of likely N-dealkylation sites (tertiary alicyclic amines) is 2. The number of carbonyl (C=O) groups is 5. The predicted molar refractivity (Wildman–Crippen MR) is 371 cm³/mol. The van der Waals surface area contributed by atoms with Crippen molar-refractivity contribution >= 4 is 79.3 Å². The number of nitrogens with zero attached hydrogens (tertiary/aromatic N) is 4. The lowest BCUT2D eigenvalue weighted by Crippen LogP contribution is -2.36. The number of aromatic nitrogens is 2. The number of anilines is 3. The highest BCUT2D eigenvalue weighted by Crippen LogP contribution is 2.37. The topological polar surface area (TPSA) is 218 Å². The Morgan fingerprint density at radius 1 is 0.489 bits per heavy atom. The maximum Gasteiger partial charge on any atom is 0.410 e. The van der Waals surface area contributed by atoms with Crippen LogP contribution in [0.2, 0.25) is 0 Å². The van der Waals surface area contributed by atoms with Crippen LogP contribution in [-0.4, -0.2) is 105 Å². The van der Waals surface area contributed by atoms with Crippen LogP contribution in [-0.2, 0) is 23.9 Å². The summed E-state index contributed by atoms with van der Waals surface area (Å²) in [5.41, 5.74) is 13.4. The van der Waals surface area contributed by atoms with Crippen molar-refractivity contribution < 1.29 is 38.6 Å². The fourth-order valence-corrected chi connectivity index (χ4v) is 11.8. The van der Waals surface area contributed by atoms with Crippen molar-refractivity contribution in [3.05, 3.63) is 222 Å². The zero-order valence-electron chi connectivity index (χ0n) is 52.8. The highest BCUT2D eigenvalue weighted by molar-refractivity contribution is 6.04. The van der Waals surface area contributed by atoms with E-state index in [2.05, 4.69) is 69.2 Å². The number of fused-ring (bicyclic) bond motifs is 3. The summed E-state index contributed by atoms with van der Waals surface area (Å²) in [4.78, 5) is 74.4. The Bertz CT molecular complexity index is 3990. The van der Waals surface area contributed by atoms with Gasteiger partial charge in [-0.25, -0.2) is 9.59 Å². The molecular formula is C76H90N8O8. The Morgan fingerprint density at radius 3 is 1.41 bits per heavy atom. The first-order valence-corrected chi connectivity index (χ1v) is 30.6. The number of rotatable bonds is 8. The van der Waals surface area contributed by atoms with Gasteiger partial charge in [-0.2, -0.15) is 0 Å². The normalized spacial score (nSPS) is 18.3. The van der Waals surface area contributed by atoms with Crippen LogP contribution in [0.1, 0.15) is 108 Å². The molecule has 5 heterocycles. The third-order valence-electron chi connectivity index (χ3n) is 16.2. The largest absolute Gasteiger partial charge is 0.481 e. The van der Waals surface area contributed by atoms with E-state index >= 15 is 0 Å². The molecule has 3 aliphatic heterocycles. The van der Waals surface area contributed by atoms with Gasteiger partial charge in [-0.3, -0.25) is 24.4 Å². The Morgan fingerprint density at radius 2 is 0.913 bits per heavy atom. The second-order valence-electron chi connectivity index (χ2n) is 25.4. The molecule has 9 aromatic rings. The summed E-state index contributed by atoms with van der Waals surface area (Å²) in [5.74, 6) is -2.02. The van der Waals surface area contributed by atoms with E-state index < -0.39 is 29.2 Å². The predicted octanol–water partition coefficient (Wildman–Crippen LogP) is 15.3. The molecule has 0 aliphatic carbocycles. The lowest BCUT2D eigenvalue weighted by atomic mass is 9.88. The van der Waals surface area contributed by atoms with E-state index in [4.69, 9.17) is 15.2 Å². The summed E-state index contributed by atoms with van der Waals surface area (Å²) in [6, 6.07) is 57.7. The van der Waals surface area contributed by atoms with Crippen LogP contribution in [0.3, 0.4) is 0 Å². The molecule has 2 aromatic heterocycles. The number of hydrogen-bond donors (Lipinski definition) is 5. The number of carboxylic acids is 1. The number of nitrogens with one attached hydrogen (secondary N) is 3. The number of benzene rings is 7. The molecule has 0 bridgehead atoms. The average molecular weight is 1240 g/mol. The fourth-order valence-electron chi connectivity index (χ4n) is 11.8. The number of nitrogen functional groups attached to an aromatic ring is 1. The first kappa shape index (κ1) is 69.8. The highest BCUT2D eigenvalue weighted by atomic mass is 16.6. The minimum Gasteiger partial charge on any atom is -0.481 e. The van der Waals surface area contributed by atoms with E-state index in [-0.39, 0.29) is 68.9 Å². The van der Waals surface area contributed by atoms with Gasteiger partial charge in [0.15, 0.2) is 0 Å². The van der Waals surface area contributed by atoms with Crippen LogP contribution in [0.15, 0.2) is 188 Å². The monoisotopic (exact) mass is 1240 g/mol. The van der Waals surface area contributed by atoms with E-state index in [9.17, 15) is 29.1 Å². The summed E-state index contributed by atoms with van der Waals surface area (Å²) in [7, 11) is 0. The van der Waals surface area contributed by atoms with E-state index in [0.717, 1.165) is 85.0 Å². The van der Waals surface area contributed by atoms with Gasteiger partial charge in [0, 0.05) is 125 Å². The first-order chi connectivity index (χ1) is 43.0. The van der Waals surface area contributed by atoms with Gasteiger partial charge in [-0.1, -0.05) is 160 Å². The zero-order chi connectivity index (χ0) is 64.3. The van der Waals surface area contributed by atoms with Gasteiger partial charge in [0.1, 0.15) is 11.2 Å². The number of nitrogens with two attached hydrogens (primary N) is 1. The molecule has 3 aliphatic rings. The number of aryl methyl sites for hydroxylation is 3. The second kappa shape index (κ2) is 30.9. The Kier molecular flexibility index (Phi) is 23.4. The molecule has 16 nitrogen and oxygen atoms in total. The maximum absolute atomic E-state index is 13.5. The molecule has 0 saturated carbocycles. The maximum atomic E-state index is 13.5. The molecule has 482 valence electrons. The van der Waals surface area contributed by atoms with Crippen LogP contribution in [0.25, 0.3) is 32.3 Å². The lowest BCUT2D eigenvalue weighted by molar-refractivity contribution is -0.141. The van der Waals surface area contributed by atoms with Crippen LogP contribution in [0.4, 0.5) is 26.7 Å². The van der Waals surface area contributed by atoms with Gasteiger partial charge in [0.25, 0.3) is 0 Å². The van der Waals surface area contributed by atoms with Gasteiger partial charge in [0.05, 0.1) is 17.8 Å². The summed E-state index contributed by atoms with van der Waals surface area (Å²) in [6.45, 7) is 19.8. The summed E-state index contributed by atoms with van der Waals surface area (Å²) >= 11 is 0. The summed E-state index contributed by atoms with van der Waals surface area (Å²) in [6.07, 6.45) is 2.82. The standard InChI is InChI=1S/C26H29N3O3.C22H22N2O.C16H21NO4.C10H10N2.2CH4/c1-17-13-20-19(14-27-17)11-8-12-23(20)28-24(30)22-16-29(25(31)32-26(2,3)4)15-21(22)18-9-6-5-7-10-18;1-15-10-11-17-8-5-9-21(18(17)12-15)24-22(25)20-14-23-13-19(20)16-6-3-2-4-7-16;1-16(2,3)21-15(20)17-9-12(13(10-17)14(18)19)11-7-5-4-6-8-11;1-7-5-9-8(6-12-7)3-2-4-10(9)11;;/h5-14,21-22H,15-16H2,1-4H3,(H,28,30);2-12,19-20,23H,13-14H2,1H3,(H,24,25);4-8,12-13H,9-10H2,1-3H3,(H,18,19);2-6H,11H2,1H3;2*1H4/t21-,22+;19-,20+;12-,13+;;;/m000.../s1. The van der Waals surface area contributed by atoms with Crippen molar-refractivity contribution in [3.8, 4) is 0 Å². The van der Waals surface area contributed by atoms with Gasteiger partial charge < -0.3 is 46.1 Å². The molecule has 6 N–H and O–H groups in total. The third-order valence-corrected chi connectivity index (χ3v) is 16.2. The molecule has 7 aromatic carbocycles. The van der Waals surface area contributed by atoms with Crippen LogP contribution in [0, 0.1) is 38.5 Å².